The molecule has 5 rings (SSSR count). The Bertz CT molecular complexity index is 1190. The highest BCUT2D eigenvalue weighted by molar-refractivity contribution is 7.97. The molecule has 9 nitrogen and oxygen atoms in total. The van der Waals surface area contributed by atoms with Crippen molar-refractivity contribution in [3.63, 3.8) is 0 Å². The molecule has 1 aliphatic heterocycles. The Morgan fingerprint density at radius 2 is 1.90 bits per heavy atom. The summed E-state index contributed by atoms with van der Waals surface area (Å²) in [5.41, 5.74) is 9.32. The van der Waals surface area contributed by atoms with E-state index in [1.54, 1.807) is 23.0 Å². The lowest BCUT2D eigenvalue weighted by Gasteiger charge is -2.34. The quantitative estimate of drug-likeness (QED) is 0.396. The summed E-state index contributed by atoms with van der Waals surface area (Å²) in [7, 11) is 3.88. The first-order valence-corrected chi connectivity index (χ1v) is 10.6. The van der Waals surface area contributed by atoms with Crippen molar-refractivity contribution in [3.8, 4) is 11.4 Å². The molecule has 0 bridgehead atoms. The molecule has 1 aliphatic rings. The molecule has 4 aromatic rings. The summed E-state index contributed by atoms with van der Waals surface area (Å²) in [5, 5.41) is 4.27. The second kappa shape index (κ2) is 7.62. The maximum atomic E-state index is 5.90. The van der Waals surface area contributed by atoms with E-state index >= 15 is 0 Å². The maximum absolute atomic E-state index is 5.90. The summed E-state index contributed by atoms with van der Waals surface area (Å²) in [4.78, 5) is 17.4. The topological polar surface area (TPSA) is 93.9 Å². The lowest BCUT2D eigenvalue weighted by Crippen LogP contribution is -2.43. The molecule has 0 aliphatic carbocycles. The largest absolute Gasteiger partial charge is 0.399 e. The van der Waals surface area contributed by atoms with E-state index in [2.05, 4.69) is 30.3 Å². The van der Waals surface area contributed by atoms with E-state index in [4.69, 9.17) is 10.7 Å². The van der Waals surface area contributed by atoms with Gasteiger partial charge < -0.3 is 15.2 Å². The Morgan fingerprint density at radius 3 is 2.63 bits per heavy atom. The van der Waals surface area contributed by atoms with Gasteiger partial charge in [-0.05, 0) is 30.1 Å². The van der Waals surface area contributed by atoms with Gasteiger partial charge in [0, 0.05) is 57.1 Å². The number of imidazole rings is 1. The fraction of sp³-hybridized carbons (Fsp3) is 0.300. The Balaban J connectivity index is 1.37. The van der Waals surface area contributed by atoms with Crippen LogP contribution in [0.4, 0.5) is 11.5 Å². The molecule has 0 unspecified atom stereocenters. The second-order valence-corrected chi connectivity index (χ2v) is 8.52. The van der Waals surface area contributed by atoms with Crippen LogP contribution in [0.15, 0.2) is 47.9 Å². The molecule has 0 spiro atoms. The number of nitrogens with two attached hydrogens (primary N) is 1. The highest BCUT2D eigenvalue weighted by atomic mass is 32.2. The van der Waals surface area contributed by atoms with Crippen molar-refractivity contribution in [2.45, 2.75) is 4.90 Å². The van der Waals surface area contributed by atoms with Gasteiger partial charge in [-0.1, -0.05) is 6.07 Å². The van der Waals surface area contributed by atoms with Gasteiger partial charge in [-0.2, -0.15) is 5.10 Å². The molecule has 3 aromatic heterocycles. The molecule has 10 heteroatoms. The standard InChI is InChI=1S/C20H23N9S/c1-26-12-14(11-24-26)18-25-17-19(27(18)2)22-13-23-20(17)28-6-8-29(9-7-28)30-16-5-3-4-15(21)10-16/h3-5,10-13H,6-9,21H2,1-2H3. The first-order chi connectivity index (χ1) is 14.6. The van der Waals surface area contributed by atoms with Crippen LogP contribution in [0.2, 0.25) is 0 Å². The highest BCUT2D eigenvalue weighted by Crippen LogP contribution is 2.30. The van der Waals surface area contributed by atoms with Crippen LogP contribution >= 0.6 is 11.9 Å². The number of benzene rings is 1. The zero-order valence-corrected chi connectivity index (χ0v) is 17.7. The molecule has 30 heavy (non-hydrogen) atoms. The van der Waals surface area contributed by atoms with Crippen molar-refractivity contribution in [2.75, 3.05) is 36.8 Å². The molecule has 0 atom stereocenters. The van der Waals surface area contributed by atoms with E-state index in [1.165, 1.54) is 4.90 Å². The van der Waals surface area contributed by atoms with Crippen molar-refractivity contribution < 1.29 is 0 Å². The molecule has 0 radical (unpaired) electrons. The molecule has 1 fully saturated rings. The summed E-state index contributed by atoms with van der Waals surface area (Å²) in [5.74, 6) is 1.73. The lowest BCUT2D eigenvalue weighted by atomic mass is 10.3. The fourth-order valence-corrected chi connectivity index (χ4v) is 4.70. The number of aryl methyl sites for hydroxylation is 2. The summed E-state index contributed by atoms with van der Waals surface area (Å²) >= 11 is 1.75. The predicted octanol–water partition coefficient (Wildman–Crippen LogP) is 2.18. The molecule has 2 N–H and O–H groups in total. The van der Waals surface area contributed by atoms with Gasteiger partial charge >= 0.3 is 0 Å². The minimum Gasteiger partial charge on any atom is -0.399 e. The molecule has 154 valence electrons. The van der Waals surface area contributed by atoms with Gasteiger partial charge in [0.1, 0.15) is 12.2 Å². The Morgan fingerprint density at radius 1 is 1.07 bits per heavy atom. The van der Waals surface area contributed by atoms with Gasteiger partial charge in [-0.15, -0.1) is 0 Å². The number of hydrogen-bond donors (Lipinski definition) is 1. The third-order valence-corrected chi connectivity index (χ3v) is 6.32. The van der Waals surface area contributed by atoms with Gasteiger partial charge in [-0.25, -0.2) is 19.3 Å². The van der Waals surface area contributed by atoms with Crippen LogP contribution in [0.3, 0.4) is 0 Å². The van der Waals surface area contributed by atoms with Crippen LogP contribution in [0.1, 0.15) is 0 Å². The normalized spacial score (nSPS) is 15.2. The average molecular weight is 422 g/mol. The van der Waals surface area contributed by atoms with Crippen LogP contribution in [0.25, 0.3) is 22.6 Å². The average Bonchev–Trinajstić information content (AvgIpc) is 3.32. The number of rotatable bonds is 4. The third kappa shape index (κ3) is 3.48. The van der Waals surface area contributed by atoms with Crippen molar-refractivity contribution in [1.29, 1.82) is 0 Å². The molecular formula is C20H23N9S. The number of aromatic nitrogens is 6. The van der Waals surface area contributed by atoms with Gasteiger partial charge in [0.2, 0.25) is 0 Å². The van der Waals surface area contributed by atoms with Gasteiger partial charge in [0.15, 0.2) is 17.0 Å². The van der Waals surface area contributed by atoms with Gasteiger partial charge in [0.25, 0.3) is 0 Å². The predicted molar refractivity (Wildman–Crippen MR) is 119 cm³/mol. The van der Waals surface area contributed by atoms with Crippen molar-refractivity contribution in [2.24, 2.45) is 14.1 Å². The first kappa shape index (κ1) is 18.9. The van der Waals surface area contributed by atoms with E-state index in [9.17, 15) is 0 Å². The maximum Gasteiger partial charge on any atom is 0.165 e. The van der Waals surface area contributed by atoms with E-state index < -0.39 is 0 Å². The highest BCUT2D eigenvalue weighted by Gasteiger charge is 2.23. The van der Waals surface area contributed by atoms with Gasteiger partial charge in [-0.3, -0.25) is 4.68 Å². The van der Waals surface area contributed by atoms with Crippen molar-refractivity contribution in [1.82, 2.24) is 33.6 Å². The van der Waals surface area contributed by atoms with Crippen LogP contribution in [0, 0.1) is 0 Å². The first-order valence-electron chi connectivity index (χ1n) is 9.78. The Labute approximate surface area is 178 Å². The molecule has 0 amide bonds. The molecular weight excluding hydrogens is 398 g/mol. The van der Waals surface area contributed by atoms with Crippen molar-refractivity contribution >= 4 is 34.6 Å². The number of nitrogens with zero attached hydrogens (tertiary/aromatic N) is 8. The van der Waals surface area contributed by atoms with E-state index in [1.807, 2.05) is 49.3 Å². The van der Waals surface area contributed by atoms with E-state index in [0.717, 1.165) is 60.2 Å². The van der Waals surface area contributed by atoms with E-state index in [-0.39, 0.29) is 0 Å². The Kier molecular flexibility index (Phi) is 4.80. The second-order valence-electron chi connectivity index (χ2n) is 7.35. The number of piperazine rings is 1. The summed E-state index contributed by atoms with van der Waals surface area (Å²) in [6.07, 6.45) is 5.40. The SMILES string of the molecule is Cn1cc(-c2nc3c(N4CCN(Sc5cccc(N)c5)CC4)ncnc3n2C)cn1. The number of hydrogen-bond acceptors (Lipinski definition) is 8. The third-order valence-electron chi connectivity index (χ3n) is 5.23. The monoisotopic (exact) mass is 421 g/mol. The summed E-state index contributed by atoms with van der Waals surface area (Å²) in [6.45, 7) is 3.60. The van der Waals surface area contributed by atoms with Crippen LogP contribution in [-0.2, 0) is 14.1 Å². The smallest absolute Gasteiger partial charge is 0.165 e. The minimum absolute atomic E-state index is 0.793. The van der Waals surface area contributed by atoms with Crippen LogP contribution in [0.5, 0.6) is 0 Å². The van der Waals surface area contributed by atoms with E-state index in [0.29, 0.717) is 0 Å². The molecule has 4 heterocycles. The van der Waals surface area contributed by atoms with Crippen molar-refractivity contribution in [3.05, 3.63) is 43.0 Å². The number of nitrogen functional groups attached to an aromatic ring is 1. The minimum atomic E-state index is 0.793. The van der Waals surface area contributed by atoms with Gasteiger partial charge in [0.05, 0.1) is 11.8 Å². The molecule has 1 aromatic carbocycles. The lowest BCUT2D eigenvalue weighted by molar-refractivity contribution is 0.428. The number of fused-ring (bicyclic) bond motifs is 1. The van der Waals surface area contributed by atoms with Crippen LogP contribution in [-0.4, -0.2) is 59.8 Å². The fourth-order valence-electron chi connectivity index (χ4n) is 3.73. The number of anilines is 2. The summed E-state index contributed by atoms with van der Waals surface area (Å²) < 4.78 is 6.14. The molecule has 1 saturated heterocycles. The zero-order valence-electron chi connectivity index (χ0n) is 16.9. The summed E-state index contributed by atoms with van der Waals surface area (Å²) in [6, 6.07) is 8.01. The van der Waals surface area contributed by atoms with Crippen LogP contribution < -0.4 is 10.6 Å². The zero-order chi connectivity index (χ0) is 20.7. The Hall–Kier alpha value is -3.11. The molecule has 0 saturated carbocycles.